The van der Waals surface area contributed by atoms with Crippen molar-refractivity contribution >= 4 is 5.91 Å². The lowest BCUT2D eigenvalue weighted by Gasteiger charge is -2.16. The summed E-state index contributed by atoms with van der Waals surface area (Å²) in [6.45, 7) is 7.32. The van der Waals surface area contributed by atoms with Crippen molar-refractivity contribution in [2.24, 2.45) is 0 Å². The SMILES string of the molecule is CC#CCN1CCC(NC(C)C)C1=O. The Morgan fingerprint density at radius 1 is 1.64 bits per heavy atom. The Bertz CT molecular complexity index is 262. The van der Waals surface area contributed by atoms with Crippen molar-refractivity contribution in [1.29, 1.82) is 0 Å². The molecule has 1 amide bonds. The zero-order valence-corrected chi connectivity index (χ0v) is 9.13. The molecule has 0 aliphatic carbocycles. The summed E-state index contributed by atoms with van der Waals surface area (Å²) in [7, 11) is 0. The predicted molar refractivity (Wildman–Crippen MR) is 56.7 cm³/mol. The highest BCUT2D eigenvalue weighted by molar-refractivity contribution is 5.84. The Kier molecular flexibility index (Phi) is 3.97. The lowest BCUT2D eigenvalue weighted by molar-refractivity contribution is -0.129. The molecule has 14 heavy (non-hydrogen) atoms. The highest BCUT2D eigenvalue weighted by atomic mass is 16.2. The molecule has 1 aliphatic rings. The molecule has 1 unspecified atom stereocenters. The van der Waals surface area contributed by atoms with Crippen molar-refractivity contribution in [3.63, 3.8) is 0 Å². The average molecular weight is 194 g/mol. The average Bonchev–Trinajstić information content (AvgIpc) is 2.45. The van der Waals surface area contributed by atoms with Crippen LogP contribution in [0.3, 0.4) is 0 Å². The first-order valence-electron chi connectivity index (χ1n) is 5.09. The summed E-state index contributed by atoms with van der Waals surface area (Å²) in [4.78, 5) is 13.6. The maximum Gasteiger partial charge on any atom is 0.240 e. The van der Waals surface area contributed by atoms with Crippen molar-refractivity contribution in [2.75, 3.05) is 13.1 Å². The minimum absolute atomic E-state index is 0.00801. The summed E-state index contributed by atoms with van der Waals surface area (Å²) in [5.41, 5.74) is 0. The summed E-state index contributed by atoms with van der Waals surface area (Å²) >= 11 is 0. The molecule has 1 rings (SSSR count). The third-order valence-electron chi connectivity index (χ3n) is 2.28. The van der Waals surface area contributed by atoms with E-state index in [1.165, 1.54) is 0 Å². The van der Waals surface area contributed by atoms with Crippen molar-refractivity contribution in [2.45, 2.75) is 39.3 Å². The summed E-state index contributed by atoms with van der Waals surface area (Å²) in [5, 5.41) is 3.26. The maximum absolute atomic E-state index is 11.7. The molecule has 3 heteroatoms. The van der Waals surface area contributed by atoms with Gasteiger partial charge in [-0.3, -0.25) is 4.79 Å². The van der Waals surface area contributed by atoms with E-state index >= 15 is 0 Å². The van der Waals surface area contributed by atoms with Crippen LogP contribution in [0.5, 0.6) is 0 Å². The molecule has 3 nitrogen and oxygen atoms in total. The molecule has 0 aromatic heterocycles. The highest BCUT2D eigenvalue weighted by Crippen LogP contribution is 2.10. The van der Waals surface area contributed by atoms with Crippen LogP contribution in [0, 0.1) is 11.8 Å². The third kappa shape index (κ3) is 2.74. The Morgan fingerprint density at radius 2 is 2.36 bits per heavy atom. The smallest absolute Gasteiger partial charge is 0.240 e. The zero-order valence-electron chi connectivity index (χ0n) is 9.13. The lowest BCUT2D eigenvalue weighted by atomic mass is 10.2. The second-order valence-electron chi connectivity index (χ2n) is 3.85. The topological polar surface area (TPSA) is 32.3 Å². The van der Waals surface area contributed by atoms with Gasteiger partial charge in [0.1, 0.15) is 0 Å². The Balaban J connectivity index is 2.45. The number of carbonyl (C=O) groups is 1. The first-order valence-corrected chi connectivity index (χ1v) is 5.09. The number of rotatable bonds is 3. The molecule has 1 aliphatic heterocycles. The van der Waals surface area contributed by atoms with Crippen LogP contribution in [0.15, 0.2) is 0 Å². The van der Waals surface area contributed by atoms with Gasteiger partial charge in [0.05, 0.1) is 12.6 Å². The van der Waals surface area contributed by atoms with Crippen LogP contribution in [-0.4, -0.2) is 36.0 Å². The van der Waals surface area contributed by atoms with Gasteiger partial charge >= 0.3 is 0 Å². The van der Waals surface area contributed by atoms with Crippen LogP contribution in [0.25, 0.3) is 0 Å². The third-order valence-corrected chi connectivity index (χ3v) is 2.28. The molecule has 1 N–H and O–H groups in total. The van der Waals surface area contributed by atoms with Crippen molar-refractivity contribution in [3.05, 3.63) is 0 Å². The van der Waals surface area contributed by atoms with Gasteiger partial charge in [-0.25, -0.2) is 0 Å². The number of hydrogen-bond acceptors (Lipinski definition) is 2. The van der Waals surface area contributed by atoms with E-state index in [1.807, 2.05) is 4.90 Å². The molecule has 1 heterocycles. The summed E-state index contributed by atoms with van der Waals surface area (Å²) in [5.74, 6) is 5.92. The number of likely N-dealkylation sites (tertiary alicyclic amines) is 1. The first-order chi connectivity index (χ1) is 6.65. The molecule has 0 spiro atoms. The Morgan fingerprint density at radius 3 is 2.93 bits per heavy atom. The molecule has 1 saturated heterocycles. The summed E-state index contributed by atoms with van der Waals surface area (Å²) in [6, 6.07) is 0.370. The van der Waals surface area contributed by atoms with Crippen LogP contribution in [-0.2, 0) is 4.79 Å². The van der Waals surface area contributed by atoms with E-state index in [0.717, 1.165) is 13.0 Å². The fourth-order valence-electron chi connectivity index (χ4n) is 1.63. The quantitative estimate of drug-likeness (QED) is 0.668. The zero-order chi connectivity index (χ0) is 10.6. The van der Waals surface area contributed by atoms with E-state index in [1.54, 1.807) is 6.92 Å². The number of nitrogens with one attached hydrogen (secondary N) is 1. The van der Waals surface area contributed by atoms with E-state index in [0.29, 0.717) is 12.6 Å². The molecule has 78 valence electrons. The predicted octanol–water partition coefficient (Wildman–Crippen LogP) is 0.609. The van der Waals surface area contributed by atoms with Gasteiger partial charge in [-0.15, -0.1) is 5.92 Å². The van der Waals surface area contributed by atoms with Crippen LogP contribution >= 0.6 is 0 Å². The molecule has 0 saturated carbocycles. The summed E-state index contributed by atoms with van der Waals surface area (Å²) in [6.07, 6.45) is 0.905. The number of amides is 1. The molecule has 1 fully saturated rings. The monoisotopic (exact) mass is 194 g/mol. The Hall–Kier alpha value is -1.01. The molecule has 0 bridgehead atoms. The van der Waals surface area contributed by atoms with Crippen LogP contribution in [0.2, 0.25) is 0 Å². The lowest BCUT2D eigenvalue weighted by Crippen LogP contribution is -2.41. The van der Waals surface area contributed by atoms with E-state index in [9.17, 15) is 4.79 Å². The van der Waals surface area contributed by atoms with Gasteiger partial charge in [-0.1, -0.05) is 19.8 Å². The molecular weight excluding hydrogens is 176 g/mol. The standard InChI is InChI=1S/C11H18N2O/c1-4-5-7-13-8-6-10(11(13)14)12-9(2)3/h9-10,12H,6-8H2,1-3H3. The second-order valence-corrected chi connectivity index (χ2v) is 3.85. The highest BCUT2D eigenvalue weighted by Gasteiger charge is 2.30. The minimum atomic E-state index is 0.00801. The fourth-order valence-corrected chi connectivity index (χ4v) is 1.63. The van der Waals surface area contributed by atoms with Crippen molar-refractivity contribution < 1.29 is 4.79 Å². The molecule has 1 atom stereocenters. The fraction of sp³-hybridized carbons (Fsp3) is 0.727. The van der Waals surface area contributed by atoms with Crippen LogP contribution in [0.4, 0.5) is 0 Å². The van der Waals surface area contributed by atoms with E-state index in [4.69, 9.17) is 0 Å². The van der Waals surface area contributed by atoms with Gasteiger partial charge in [-0.05, 0) is 13.3 Å². The van der Waals surface area contributed by atoms with Gasteiger partial charge in [0, 0.05) is 12.6 Å². The molecule has 0 aromatic rings. The number of hydrogen-bond donors (Lipinski definition) is 1. The van der Waals surface area contributed by atoms with Gasteiger partial charge in [0.25, 0.3) is 0 Å². The Labute approximate surface area is 85.9 Å². The minimum Gasteiger partial charge on any atom is -0.330 e. The first kappa shape index (κ1) is 11.1. The molecule has 0 aromatic carbocycles. The van der Waals surface area contributed by atoms with Gasteiger partial charge in [-0.2, -0.15) is 0 Å². The number of carbonyl (C=O) groups excluding carboxylic acids is 1. The maximum atomic E-state index is 11.7. The van der Waals surface area contributed by atoms with Crippen molar-refractivity contribution in [3.8, 4) is 11.8 Å². The van der Waals surface area contributed by atoms with Crippen LogP contribution in [0.1, 0.15) is 27.2 Å². The summed E-state index contributed by atoms with van der Waals surface area (Å²) < 4.78 is 0. The van der Waals surface area contributed by atoms with E-state index in [2.05, 4.69) is 31.0 Å². The number of nitrogens with zero attached hydrogens (tertiary/aromatic N) is 1. The molecule has 0 radical (unpaired) electrons. The van der Waals surface area contributed by atoms with Gasteiger partial charge < -0.3 is 10.2 Å². The van der Waals surface area contributed by atoms with E-state index < -0.39 is 0 Å². The second kappa shape index (κ2) is 5.02. The van der Waals surface area contributed by atoms with Crippen LogP contribution < -0.4 is 5.32 Å². The molecular formula is C11H18N2O. The van der Waals surface area contributed by atoms with Gasteiger partial charge in [0.15, 0.2) is 0 Å². The largest absolute Gasteiger partial charge is 0.330 e. The van der Waals surface area contributed by atoms with Gasteiger partial charge in [0.2, 0.25) is 5.91 Å². The van der Waals surface area contributed by atoms with Crippen molar-refractivity contribution in [1.82, 2.24) is 10.2 Å². The normalized spacial score (nSPS) is 21.3. The van der Waals surface area contributed by atoms with E-state index in [-0.39, 0.29) is 11.9 Å².